The molecule has 4 heterocycles. The average molecular weight is 411 g/mol. The second-order valence-electron chi connectivity index (χ2n) is 7.42. The highest BCUT2D eigenvalue weighted by Crippen LogP contribution is 2.33. The van der Waals surface area contributed by atoms with Gasteiger partial charge in [0.25, 0.3) is 0 Å². The fourth-order valence-electron chi connectivity index (χ4n) is 4.11. The Morgan fingerprint density at radius 3 is 2.79 bits per heavy atom. The number of H-pyrrole nitrogens is 1. The summed E-state index contributed by atoms with van der Waals surface area (Å²) in [6.07, 6.45) is 7.47. The molecular formula is C21H20ClFN6. The first kappa shape index (κ1) is 18.1. The number of benzene rings is 1. The predicted octanol–water partition coefficient (Wildman–Crippen LogP) is 4.53. The molecule has 0 atom stereocenters. The number of hydrogen-bond acceptors (Lipinski definition) is 4. The summed E-state index contributed by atoms with van der Waals surface area (Å²) in [5.74, 6) is 1.98. The van der Waals surface area contributed by atoms with Gasteiger partial charge >= 0.3 is 0 Å². The summed E-state index contributed by atoms with van der Waals surface area (Å²) in [5, 5.41) is 1.17. The van der Waals surface area contributed by atoms with Crippen LogP contribution in [0.1, 0.15) is 24.6 Å². The van der Waals surface area contributed by atoms with Crippen molar-refractivity contribution in [1.29, 1.82) is 0 Å². The topological polar surface area (TPSA) is 62.6 Å². The fraction of sp³-hybridized carbons (Fsp3) is 0.286. The van der Waals surface area contributed by atoms with Gasteiger partial charge in [0, 0.05) is 44.0 Å². The van der Waals surface area contributed by atoms with Crippen molar-refractivity contribution in [2.45, 2.75) is 18.8 Å². The lowest BCUT2D eigenvalue weighted by molar-refractivity contribution is 0.474. The van der Waals surface area contributed by atoms with Gasteiger partial charge in [-0.15, -0.1) is 0 Å². The SMILES string of the molecule is Cn1cc(-c2ccc(F)c(Cl)c2)nc1C1CCN(c2ncnc3[nH]ccc23)CC1. The van der Waals surface area contributed by atoms with E-state index in [-0.39, 0.29) is 5.02 Å². The quantitative estimate of drug-likeness (QED) is 0.538. The number of anilines is 1. The molecule has 8 heteroatoms. The number of nitrogens with one attached hydrogen (secondary N) is 1. The third-order valence-corrected chi connectivity index (χ3v) is 5.91. The molecule has 0 amide bonds. The van der Waals surface area contributed by atoms with Gasteiger partial charge in [-0.1, -0.05) is 11.6 Å². The molecule has 1 aliphatic rings. The molecule has 5 rings (SSSR count). The number of aromatic amines is 1. The Hall–Kier alpha value is -2.93. The summed E-state index contributed by atoms with van der Waals surface area (Å²) >= 11 is 5.94. The van der Waals surface area contributed by atoms with Gasteiger partial charge in [-0.2, -0.15) is 0 Å². The van der Waals surface area contributed by atoms with Crippen molar-refractivity contribution < 1.29 is 4.39 Å². The van der Waals surface area contributed by atoms with E-state index in [0.29, 0.717) is 5.92 Å². The van der Waals surface area contributed by atoms with Crippen LogP contribution in [0.2, 0.25) is 5.02 Å². The molecule has 1 N–H and O–H groups in total. The lowest BCUT2D eigenvalue weighted by atomic mass is 9.96. The zero-order valence-electron chi connectivity index (χ0n) is 15.9. The van der Waals surface area contributed by atoms with E-state index in [1.54, 1.807) is 18.5 Å². The molecule has 0 bridgehead atoms. The second kappa shape index (κ2) is 7.15. The van der Waals surface area contributed by atoms with Crippen LogP contribution in [0.5, 0.6) is 0 Å². The molecule has 29 heavy (non-hydrogen) atoms. The number of hydrogen-bond donors (Lipinski definition) is 1. The first-order valence-corrected chi connectivity index (χ1v) is 9.99. The van der Waals surface area contributed by atoms with Crippen LogP contribution in [0, 0.1) is 5.82 Å². The largest absolute Gasteiger partial charge is 0.356 e. The minimum atomic E-state index is -0.416. The van der Waals surface area contributed by atoms with Gasteiger partial charge in [0.2, 0.25) is 0 Å². The lowest BCUT2D eigenvalue weighted by Crippen LogP contribution is -2.34. The molecule has 0 saturated carbocycles. The Labute approximate surface area is 172 Å². The first-order chi connectivity index (χ1) is 14.1. The van der Waals surface area contributed by atoms with Gasteiger partial charge in [0.15, 0.2) is 0 Å². The third kappa shape index (κ3) is 3.25. The van der Waals surface area contributed by atoms with E-state index in [2.05, 4.69) is 24.4 Å². The third-order valence-electron chi connectivity index (χ3n) is 5.62. The summed E-state index contributed by atoms with van der Waals surface area (Å²) in [5.41, 5.74) is 2.51. The number of halogens is 2. The molecule has 1 saturated heterocycles. The maximum Gasteiger partial charge on any atom is 0.142 e. The highest BCUT2D eigenvalue weighted by Gasteiger charge is 2.26. The van der Waals surface area contributed by atoms with E-state index >= 15 is 0 Å². The number of aryl methyl sites for hydroxylation is 1. The van der Waals surface area contributed by atoms with Crippen LogP contribution in [0.25, 0.3) is 22.3 Å². The molecule has 0 unspecified atom stereocenters. The smallest absolute Gasteiger partial charge is 0.142 e. The summed E-state index contributed by atoms with van der Waals surface area (Å²) in [4.78, 5) is 19.1. The van der Waals surface area contributed by atoms with Crippen LogP contribution in [0.3, 0.4) is 0 Å². The molecule has 0 spiro atoms. The van der Waals surface area contributed by atoms with Crippen LogP contribution in [0.4, 0.5) is 10.2 Å². The van der Waals surface area contributed by atoms with Gasteiger partial charge in [-0.25, -0.2) is 19.3 Å². The fourth-order valence-corrected chi connectivity index (χ4v) is 4.30. The minimum absolute atomic E-state index is 0.115. The highest BCUT2D eigenvalue weighted by molar-refractivity contribution is 6.31. The maximum absolute atomic E-state index is 13.5. The van der Waals surface area contributed by atoms with Crippen molar-refractivity contribution >= 4 is 28.5 Å². The van der Waals surface area contributed by atoms with Gasteiger partial charge in [-0.05, 0) is 37.1 Å². The van der Waals surface area contributed by atoms with Gasteiger partial charge < -0.3 is 14.5 Å². The van der Waals surface area contributed by atoms with E-state index in [1.807, 2.05) is 25.5 Å². The van der Waals surface area contributed by atoms with Crippen LogP contribution in [-0.2, 0) is 7.05 Å². The lowest BCUT2D eigenvalue weighted by Gasteiger charge is -2.32. The average Bonchev–Trinajstić information content (AvgIpc) is 3.37. The van der Waals surface area contributed by atoms with Gasteiger partial charge in [-0.3, -0.25) is 0 Å². The molecule has 1 aromatic carbocycles. The van der Waals surface area contributed by atoms with Crippen molar-refractivity contribution in [3.63, 3.8) is 0 Å². The molecule has 148 valence electrons. The van der Waals surface area contributed by atoms with Gasteiger partial charge in [0.05, 0.1) is 16.1 Å². The van der Waals surface area contributed by atoms with E-state index in [0.717, 1.165) is 59.9 Å². The van der Waals surface area contributed by atoms with Crippen molar-refractivity contribution in [1.82, 2.24) is 24.5 Å². The monoisotopic (exact) mass is 410 g/mol. The molecule has 1 aliphatic heterocycles. The number of imidazole rings is 1. The summed E-state index contributed by atoms with van der Waals surface area (Å²) < 4.78 is 15.5. The Balaban J connectivity index is 1.35. The molecule has 0 radical (unpaired) electrons. The van der Waals surface area contributed by atoms with E-state index in [1.165, 1.54) is 6.07 Å². The second-order valence-corrected chi connectivity index (χ2v) is 7.83. The summed E-state index contributed by atoms with van der Waals surface area (Å²) in [6.45, 7) is 1.82. The molecular weight excluding hydrogens is 391 g/mol. The van der Waals surface area contributed by atoms with Crippen molar-refractivity contribution in [2.24, 2.45) is 7.05 Å². The standard InChI is InChI=1S/C21H20ClFN6/c1-28-11-18(14-2-3-17(23)16(22)10-14)27-20(28)13-5-8-29(9-6-13)21-15-4-7-24-19(15)25-12-26-21/h2-4,7,10-13H,5-6,8-9H2,1H3,(H,24,25,26). The maximum atomic E-state index is 13.5. The number of fused-ring (bicyclic) bond motifs is 1. The predicted molar refractivity (Wildman–Crippen MR) is 112 cm³/mol. The van der Waals surface area contributed by atoms with Crippen molar-refractivity contribution in [3.05, 3.63) is 59.7 Å². The van der Waals surface area contributed by atoms with Gasteiger partial charge in [0.1, 0.15) is 29.4 Å². The molecule has 1 fully saturated rings. The highest BCUT2D eigenvalue weighted by atomic mass is 35.5. The Morgan fingerprint density at radius 1 is 1.17 bits per heavy atom. The van der Waals surface area contributed by atoms with E-state index in [9.17, 15) is 4.39 Å². The molecule has 6 nitrogen and oxygen atoms in total. The zero-order chi connectivity index (χ0) is 20.0. The number of nitrogens with zero attached hydrogens (tertiary/aromatic N) is 5. The number of rotatable bonds is 3. The molecule has 3 aromatic heterocycles. The zero-order valence-corrected chi connectivity index (χ0v) is 16.7. The summed E-state index contributed by atoms with van der Waals surface area (Å²) in [7, 11) is 2.01. The summed E-state index contributed by atoms with van der Waals surface area (Å²) in [6, 6.07) is 6.75. The molecule has 4 aromatic rings. The van der Waals surface area contributed by atoms with Crippen LogP contribution >= 0.6 is 11.6 Å². The van der Waals surface area contributed by atoms with E-state index < -0.39 is 5.82 Å². The Bertz CT molecular complexity index is 1180. The number of aromatic nitrogens is 5. The first-order valence-electron chi connectivity index (χ1n) is 9.62. The van der Waals surface area contributed by atoms with Crippen molar-refractivity contribution in [3.8, 4) is 11.3 Å². The van der Waals surface area contributed by atoms with Crippen LogP contribution in [-0.4, -0.2) is 37.6 Å². The number of piperidine rings is 1. The van der Waals surface area contributed by atoms with Crippen LogP contribution < -0.4 is 4.90 Å². The minimum Gasteiger partial charge on any atom is -0.356 e. The Kier molecular flexibility index (Phi) is 4.47. The molecule has 0 aliphatic carbocycles. The Morgan fingerprint density at radius 2 is 2.00 bits per heavy atom. The van der Waals surface area contributed by atoms with E-state index in [4.69, 9.17) is 16.6 Å². The van der Waals surface area contributed by atoms with Crippen molar-refractivity contribution in [2.75, 3.05) is 18.0 Å². The van der Waals surface area contributed by atoms with Crippen LogP contribution in [0.15, 0.2) is 43.0 Å². The normalized spacial score (nSPS) is 15.3.